The largest absolute Gasteiger partial charge is 0.289 e. The highest BCUT2D eigenvalue weighted by atomic mass is 16.1. The van der Waals surface area contributed by atoms with Gasteiger partial charge in [-0.05, 0) is 17.2 Å². The molecular weight excluding hydrogens is 172 g/mol. The monoisotopic (exact) mass is 184 g/mol. The molecule has 0 spiro atoms. The molecule has 1 aromatic rings. The predicted molar refractivity (Wildman–Crippen MR) is 61.2 cm³/mol. The smallest absolute Gasteiger partial charge is 0.185 e. The fourth-order valence-corrected chi connectivity index (χ4v) is 1.31. The molecule has 0 bridgehead atoms. The molecule has 0 amide bonds. The van der Waals surface area contributed by atoms with E-state index in [0.717, 1.165) is 11.1 Å². The maximum atomic E-state index is 11.5. The van der Waals surface area contributed by atoms with Crippen molar-refractivity contribution in [2.45, 2.75) is 0 Å². The maximum Gasteiger partial charge on any atom is 0.185 e. The summed E-state index contributed by atoms with van der Waals surface area (Å²) in [5.74, 6) is -0.0939. The van der Waals surface area contributed by atoms with Gasteiger partial charge < -0.3 is 0 Å². The highest BCUT2D eigenvalue weighted by Gasteiger charge is 2.07. The van der Waals surface area contributed by atoms with E-state index in [1.807, 2.05) is 12.1 Å². The van der Waals surface area contributed by atoms with E-state index in [0.29, 0.717) is 5.56 Å². The van der Waals surface area contributed by atoms with Crippen molar-refractivity contribution in [3.63, 3.8) is 0 Å². The molecule has 0 aliphatic heterocycles. The molecule has 0 fully saturated rings. The average Bonchev–Trinajstić information content (AvgIpc) is 2.26. The van der Waals surface area contributed by atoms with Crippen molar-refractivity contribution < 1.29 is 4.79 Å². The van der Waals surface area contributed by atoms with Gasteiger partial charge in [-0.25, -0.2) is 0 Å². The molecule has 0 atom stereocenters. The van der Waals surface area contributed by atoms with Gasteiger partial charge in [0.25, 0.3) is 0 Å². The Balaban J connectivity index is 3.42. The van der Waals surface area contributed by atoms with E-state index >= 15 is 0 Å². The van der Waals surface area contributed by atoms with Crippen LogP contribution in [0.4, 0.5) is 0 Å². The highest BCUT2D eigenvalue weighted by Crippen LogP contribution is 2.18. The van der Waals surface area contributed by atoms with E-state index in [2.05, 4.69) is 19.7 Å². The Morgan fingerprint density at radius 2 is 1.86 bits per heavy atom. The Morgan fingerprint density at radius 3 is 2.36 bits per heavy atom. The Labute approximate surface area is 84.1 Å². The van der Waals surface area contributed by atoms with Crippen LogP contribution in [0.25, 0.3) is 12.2 Å². The molecule has 0 saturated carbocycles. The fourth-order valence-electron chi connectivity index (χ4n) is 1.31. The van der Waals surface area contributed by atoms with E-state index in [4.69, 9.17) is 0 Å². The summed E-state index contributed by atoms with van der Waals surface area (Å²) in [4.78, 5) is 11.5. The van der Waals surface area contributed by atoms with Crippen LogP contribution in [0.1, 0.15) is 21.5 Å². The highest BCUT2D eigenvalue weighted by molar-refractivity contribution is 6.07. The molecule has 0 radical (unpaired) electrons. The van der Waals surface area contributed by atoms with Crippen LogP contribution in [0.5, 0.6) is 0 Å². The molecule has 0 N–H and O–H groups in total. The number of hydrogen-bond acceptors (Lipinski definition) is 1. The van der Waals surface area contributed by atoms with Gasteiger partial charge in [-0.3, -0.25) is 4.79 Å². The summed E-state index contributed by atoms with van der Waals surface area (Å²) < 4.78 is 0. The van der Waals surface area contributed by atoms with Crippen LogP contribution in [0, 0.1) is 0 Å². The van der Waals surface area contributed by atoms with Crippen LogP contribution in [0.15, 0.2) is 44.0 Å². The zero-order valence-electron chi connectivity index (χ0n) is 7.99. The topological polar surface area (TPSA) is 17.1 Å². The number of allylic oxidation sites excluding steroid dienone is 1. The quantitative estimate of drug-likeness (QED) is 0.518. The Bertz CT molecular complexity index is 400. The maximum absolute atomic E-state index is 11.5. The molecule has 0 heterocycles. The predicted octanol–water partition coefficient (Wildman–Crippen LogP) is 3.34. The molecule has 0 aromatic heterocycles. The second-order valence-corrected chi connectivity index (χ2v) is 2.79. The van der Waals surface area contributed by atoms with Gasteiger partial charge in [-0.1, -0.05) is 50.1 Å². The number of benzene rings is 1. The van der Waals surface area contributed by atoms with Crippen LogP contribution in [0.3, 0.4) is 0 Å². The molecule has 70 valence electrons. The number of hydrogen-bond donors (Lipinski definition) is 0. The average molecular weight is 184 g/mol. The van der Waals surface area contributed by atoms with Gasteiger partial charge in [0.15, 0.2) is 5.78 Å². The first-order valence-corrected chi connectivity index (χ1v) is 4.29. The van der Waals surface area contributed by atoms with Crippen molar-refractivity contribution in [3.05, 3.63) is 60.7 Å². The summed E-state index contributed by atoms with van der Waals surface area (Å²) in [6.45, 7) is 10.8. The summed E-state index contributed by atoms with van der Waals surface area (Å²) in [6.07, 6.45) is 4.67. The number of rotatable bonds is 4. The second-order valence-electron chi connectivity index (χ2n) is 2.79. The zero-order chi connectivity index (χ0) is 10.6. The molecular formula is C13H12O. The van der Waals surface area contributed by atoms with Crippen molar-refractivity contribution in [2.75, 3.05) is 0 Å². The van der Waals surface area contributed by atoms with Gasteiger partial charge in [0.1, 0.15) is 0 Å². The summed E-state index contributed by atoms with van der Waals surface area (Å²) in [5.41, 5.74) is 2.34. The van der Waals surface area contributed by atoms with E-state index in [1.165, 1.54) is 6.08 Å². The Kier molecular flexibility index (Phi) is 3.19. The summed E-state index contributed by atoms with van der Waals surface area (Å²) in [5, 5.41) is 0. The molecule has 0 unspecified atom stereocenters. The second kappa shape index (κ2) is 4.38. The van der Waals surface area contributed by atoms with Crippen LogP contribution >= 0.6 is 0 Å². The van der Waals surface area contributed by atoms with E-state index in [-0.39, 0.29) is 5.78 Å². The minimum Gasteiger partial charge on any atom is -0.289 e. The normalized spacial score (nSPS) is 9.14. The number of carbonyl (C=O) groups is 1. The summed E-state index contributed by atoms with van der Waals surface area (Å²) >= 11 is 0. The first kappa shape index (κ1) is 10.2. The minimum absolute atomic E-state index is 0.0939. The first-order chi connectivity index (χ1) is 6.74. The van der Waals surface area contributed by atoms with Crippen molar-refractivity contribution >= 4 is 17.9 Å². The van der Waals surface area contributed by atoms with Gasteiger partial charge in [-0.15, -0.1) is 0 Å². The van der Waals surface area contributed by atoms with Gasteiger partial charge >= 0.3 is 0 Å². The molecule has 1 rings (SSSR count). The van der Waals surface area contributed by atoms with Gasteiger partial charge in [0, 0.05) is 5.56 Å². The minimum atomic E-state index is -0.0939. The summed E-state index contributed by atoms with van der Waals surface area (Å²) in [7, 11) is 0. The lowest BCUT2D eigenvalue weighted by Crippen LogP contribution is -1.98. The first-order valence-electron chi connectivity index (χ1n) is 4.29. The molecule has 1 heteroatoms. The van der Waals surface area contributed by atoms with Gasteiger partial charge in [0.2, 0.25) is 0 Å². The van der Waals surface area contributed by atoms with E-state index < -0.39 is 0 Å². The Morgan fingerprint density at radius 1 is 1.14 bits per heavy atom. The van der Waals surface area contributed by atoms with Crippen LogP contribution in [-0.4, -0.2) is 5.78 Å². The van der Waals surface area contributed by atoms with E-state index in [1.54, 1.807) is 18.2 Å². The van der Waals surface area contributed by atoms with E-state index in [9.17, 15) is 4.79 Å². The molecule has 14 heavy (non-hydrogen) atoms. The molecule has 0 saturated heterocycles. The number of carbonyl (C=O) groups excluding carboxylic acids is 1. The standard InChI is InChI=1S/C13H12O/c1-4-10-8-7-9-12(11(10)5-2)13(14)6-3/h4-9H,1-3H2. The lowest BCUT2D eigenvalue weighted by atomic mass is 9.98. The van der Waals surface area contributed by atoms with Crippen molar-refractivity contribution in [2.24, 2.45) is 0 Å². The third-order valence-electron chi connectivity index (χ3n) is 2.01. The van der Waals surface area contributed by atoms with Crippen LogP contribution in [0.2, 0.25) is 0 Å². The van der Waals surface area contributed by atoms with Crippen molar-refractivity contribution in [1.82, 2.24) is 0 Å². The number of ketones is 1. The van der Waals surface area contributed by atoms with Gasteiger partial charge in [-0.2, -0.15) is 0 Å². The fraction of sp³-hybridized carbons (Fsp3) is 0. The third kappa shape index (κ3) is 1.72. The van der Waals surface area contributed by atoms with Crippen LogP contribution < -0.4 is 0 Å². The van der Waals surface area contributed by atoms with Crippen LogP contribution in [-0.2, 0) is 0 Å². The SMILES string of the molecule is C=CC(=O)c1cccc(C=C)c1C=C. The molecule has 1 nitrogen and oxygen atoms in total. The molecule has 0 aliphatic carbocycles. The zero-order valence-corrected chi connectivity index (χ0v) is 7.99. The summed E-state index contributed by atoms with van der Waals surface area (Å²) in [6, 6.07) is 5.47. The van der Waals surface area contributed by atoms with Gasteiger partial charge in [0.05, 0.1) is 0 Å². The molecule has 1 aromatic carbocycles. The Hall–Kier alpha value is -1.89. The van der Waals surface area contributed by atoms with Crippen molar-refractivity contribution in [3.8, 4) is 0 Å². The lowest BCUT2D eigenvalue weighted by molar-refractivity contribution is 0.104. The third-order valence-corrected chi connectivity index (χ3v) is 2.01. The van der Waals surface area contributed by atoms with Crippen molar-refractivity contribution in [1.29, 1.82) is 0 Å². The molecule has 0 aliphatic rings. The lowest BCUT2D eigenvalue weighted by Gasteiger charge is -2.05.